The monoisotopic (exact) mass is 422 g/mol. The van der Waals surface area contributed by atoms with E-state index in [-0.39, 0.29) is 11.8 Å². The number of benzene rings is 1. The van der Waals surface area contributed by atoms with Crippen LogP contribution >= 0.6 is 0 Å². The van der Waals surface area contributed by atoms with Crippen LogP contribution in [0.3, 0.4) is 0 Å². The summed E-state index contributed by atoms with van der Waals surface area (Å²) in [5, 5.41) is 3.92. The zero-order valence-electron chi connectivity index (χ0n) is 17.0. The molecule has 0 spiro atoms. The highest BCUT2D eigenvalue weighted by molar-refractivity contribution is 6.01. The molecule has 4 heterocycles. The largest absolute Gasteiger partial charge is 0.468 e. The summed E-state index contributed by atoms with van der Waals surface area (Å²) in [6.45, 7) is 2.25. The van der Waals surface area contributed by atoms with E-state index in [1.165, 1.54) is 0 Å². The topological polar surface area (TPSA) is 125 Å². The van der Waals surface area contributed by atoms with E-state index < -0.39 is 17.6 Å². The van der Waals surface area contributed by atoms with E-state index in [1.807, 2.05) is 31.2 Å². The number of nitrogens with zero attached hydrogens (tertiary/aromatic N) is 3. The number of furan rings is 1. The van der Waals surface area contributed by atoms with Gasteiger partial charge in [0, 0.05) is 25.3 Å². The molecular weight excluding hydrogens is 400 g/mol. The summed E-state index contributed by atoms with van der Waals surface area (Å²) in [4.78, 5) is 31.5. The van der Waals surface area contributed by atoms with Gasteiger partial charge in [-0.3, -0.25) is 9.59 Å². The Labute approximate surface area is 178 Å². The first-order valence-electron chi connectivity index (χ1n) is 10.2. The van der Waals surface area contributed by atoms with Gasteiger partial charge in [-0.2, -0.15) is 4.98 Å². The van der Waals surface area contributed by atoms with Crippen molar-refractivity contribution in [2.45, 2.75) is 37.8 Å². The lowest BCUT2D eigenvalue weighted by Crippen LogP contribution is -2.64. The number of likely N-dealkylation sites (tertiary alicyclic amines) is 1. The molecule has 3 aromatic rings. The van der Waals surface area contributed by atoms with Gasteiger partial charge >= 0.3 is 0 Å². The fourth-order valence-corrected chi connectivity index (χ4v) is 4.63. The first-order valence-corrected chi connectivity index (χ1v) is 10.2. The molecule has 1 fully saturated rings. The van der Waals surface area contributed by atoms with Crippen LogP contribution in [-0.2, 0) is 16.0 Å². The van der Waals surface area contributed by atoms with Crippen molar-refractivity contribution in [1.29, 1.82) is 0 Å². The van der Waals surface area contributed by atoms with Gasteiger partial charge in [-0.1, -0.05) is 23.4 Å². The molecule has 5 rings (SSSR count). The Morgan fingerprint density at radius 2 is 2.13 bits per heavy atom. The maximum atomic E-state index is 13.3. The molecule has 160 valence electrons. The highest BCUT2D eigenvalue weighted by Gasteiger charge is 2.55. The predicted molar refractivity (Wildman–Crippen MR) is 108 cm³/mol. The standard InChI is InChI=1S/C22H22N4O5/c1-22-12-14(13-6-2-3-7-15(13)30-22)18(19(23)27)21(28)26(22)10-4-9-17-24-20(25-31-17)16-8-5-11-29-16/h2-3,5-8,11,14,18H,4,9-10,12H2,1H3,(H2,23,27). The number of aromatic nitrogens is 2. The van der Waals surface area contributed by atoms with Crippen molar-refractivity contribution in [2.75, 3.05) is 6.54 Å². The van der Waals surface area contributed by atoms with Crippen molar-refractivity contribution >= 4 is 11.8 Å². The third kappa shape index (κ3) is 3.26. The summed E-state index contributed by atoms with van der Waals surface area (Å²) < 4.78 is 16.8. The Morgan fingerprint density at radius 3 is 2.90 bits per heavy atom. The van der Waals surface area contributed by atoms with Crippen LogP contribution in [0, 0.1) is 5.92 Å². The van der Waals surface area contributed by atoms with Gasteiger partial charge in [0.15, 0.2) is 11.5 Å². The number of ether oxygens (including phenoxy) is 1. The third-order valence-electron chi connectivity index (χ3n) is 6.04. The molecule has 2 aliphatic rings. The molecule has 2 aliphatic heterocycles. The number of para-hydroxylation sites is 1. The molecule has 2 N–H and O–H groups in total. The first kappa shape index (κ1) is 19.3. The molecule has 0 saturated carbocycles. The average Bonchev–Trinajstić information content (AvgIpc) is 3.42. The smallest absolute Gasteiger partial charge is 0.238 e. The van der Waals surface area contributed by atoms with Crippen LogP contribution < -0.4 is 10.5 Å². The van der Waals surface area contributed by atoms with Crippen LogP contribution in [0.5, 0.6) is 5.75 Å². The summed E-state index contributed by atoms with van der Waals surface area (Å²) in [5.41, 5.74) is 5.66. The molecule has 1 aromatic carbocycles. The SMILES string of the molecule is CC12CC(c3ccccc3O1)C(C(N)=O)C(=O)N2CCCc1nc(-c2ccco2)no1. The van der Waals surface area contributed by atoms with Crippen molar-refractivity contribution in [2.24, 2.45) is 11.7 Å². The van der Waals surface area contributed by atoms with Crippen molar-refractivity contribution in [3.05, 3.63) is 54.1 Å². The Hall–Kier alpha value is -3.62. The van der Waals surface area contributed by atoms with E-state index in [1.54, 1.807) is 23.3 Å². The van der Waals surface area contributed by atoms with Crippen LogP contribution in [-0.4, -0.2) is 39.1 Å². The lowest BCUT2D eigenvalue weighted by atomic mass is 9.73. The fraction of sp³-hybridized carbons (Fsp3) is 0.364. The molecule has 2 aromatic heterocycles. The zero-order chi connectivity index (χ0) is 21.6. The van der Waals surface area contributed by atoms with E-state index in [0.717, 1.165) is 5.56 Å². The Balaban J connectivity index is 1.34. The second kappa shape index (κ2) is 7.26. The van der Waals surface area contributed by atoms with Gasteiger partial charge in [-0.05, 0) is 37.1 Å². The number of hydrogen-bond acceptors (Lipinski definition) is 7. The van der Waals surface area contributed by atoms with E-state index in [2.05, 4.69) is 10.1 Å². The summed E-state index contributed by atoms with van der Waals surface area (Å²) in [6.07, 6.45) is 3.07. The lowest BCUT2D eigenvalue weighted by Gasteiger charge is -2.52. The van der Waals surface area contributed by atoms with Gasteiger partial charge in [0.25, 0.3) is 0 Å². The number of fused-ring (bicyclic) bond motifs is 4. The molecule has 31 heavy (non-hydrogen) atoms. The highest BCUT2D eigenvalue weighted by Crippen LogP contribution is 2.50. The van der Waals surface area contributed by atoms with Gasteiger partial charge in [0.1, 0.15) is 11.7 Å². The number of hydrogen-bond donors (Lipinski definition) is 1. The number of aryl methyl sites for hydroxylation is 1. The van der Waals surface area contributed by atoms with Crippen molar-refractivity contribution in [3.8, 4) is 17.3 Å². The van der Waals surface area contributed by atoms with Gasteiger partial charge in [-0.25, -0.2) is 0 Å². The number of rotatable bonds is 6. The summed E-state index contributed by atoms with van der Waals surface area (Å²) in [5.74, 6) is -0.0789. The first-order chi connectivity index (χ1) is 15.0. The number of amides is 2. The van der Waals surface area contributed by atoms with Gasteiger partial charge in [0.2, 0.25) is 23.5 Å². The number of piperidine rings is 1. The minimum atomic E-state index is -0.910. The molecule has 3 atom stereocenters. The van der Waals surface area contributed by atoms with Crippen LogP contribution in [0.2, 0.25) is 0 Å². The van der Waals surface area contributed by atoms with Gasteiger partial charge < -0.3 is 24.3 Å². The van der Waals surface area contributed by atoms with E-state index >= 15 is 0 Å². The van der Waals surface area contributed by atoms with Crippen molar-refractivity contribution < 1.29 is 23.3 Å². The predicted octanol–water partition coefficient (Wildman–Crippen LogP) is 2.49. The lowest BCUT2D eigenvalue weighted by molar-refractivity contribution is -0.175. The van der Waals surface area contributed by atoms with E-state index in [0.29, 0.717) is 49.0 Å². The maximum absolute atomic E-state index is 13.3. The van der Waals surface area contributed by atoms with E-state index in [4.69, 9.17) is 19.4 Å². The normalized spacial score (nSPS) is 24.5. The minimum absolute atomic E-state index is 0.289. The van der Waals surface area contributed by atoms with Gasteiger partial charge in [0.05, 0.1) is 6.26 Å². The average molecular weight is 422 g/mol. The Bertz CT molecular complexity index is 1120. The maximum Gasteiger partial charge on any atom is 0.238 e. The van der Waals surface area contributed by atoms with Crippen molar-refractivity contribution in [1.82, 2.24) is 15.0 Å². The van der Waals surface area contributed by atoms with Crippen LogP contribution in [0.25, 0.3) is 11.6 Å². The highest BCUT2D eigenvalue weighted by atomic mass is 16.5. The number of primary amides is 1. The Kier molecular flexibility index (Phi) is 4.53. The van der Waals surface area contributed by atoms with Crippen molar-refractivity contribution in [3.63, 3.8) is 0 Å². The molecule has 0 radical (unpaired) electrons. The number of nitrogens with two attached hydrogens (primary N) is 1. The van der Waals surface area contributed by atoms with E-state index in [9.17, 15) is 9.59 Å². The summed E-state index contributed by atoms with van der Waals surface area (Å²) in [7, 11) is 0. The molecule has 3 unspecified atom stereocenters. The third-order valence-corrected chi connectivity index (χ3v) is 6.04. The second-order valence-electron chi connectivity index (χ2n) is 8.09. The molecule has 2 bridgehead atoms. The summed E-state index contributed by atoms with van der Waals surface area (Å²) in [6, 6.07) is 11.0. The van der Waals surface area contributed by atoms with Crippen LogP contribution in [0.4, 0.5) is 0 Å². The van der Waals surface area contributed by atoms with Crippen LogP contribution in [0.1, 0.15) is 37.1 Å². The number of carbonyl (C=O) groups excluding carboxylic acids is 2. The molecule has 9 nitrogen and oxygen atoms in total. The molecule has 2 amide bonds. The fourth-order valence-electron chi connectivity index (χ4n) is 4.63. The molecule has 9 heteroatoms. The Morgan fingerprint density at radius 1 is 1.29 bits per heavy atom. The number of carbonyl (C=O) groups is 2. The second-order valence-corrected chi connectivity index (χ2v) is 8.09. The molecule has 1 saturated heterocycles. The molecular formula is C22H22N4O5. The zero-order valence-corrected chi connectivity index (χ0v) is 17.0. The summed E-state index contributed by atoms with van der Waals surface area (Å²) >= 11 is 0. The van der Waals surface area contributed by atoms with Crippen LogP contribution in [0.15, 0.2) is 51.6 Å². The quantitative estimate of drug-likeness (QED) is 0.605. The molecule has 0 aliphatic carbocycles. The van der Waals surface area contributed by atoms with Gasteiger partial charge in [-0.15, -0.1) is 0 Å². The minimum Gasteiger partial charge on any atom is -0.468 e.